The summed E-state index contributed by atoms with van der Waals surface area (Å²) in [4.78, 5) is 12.7. The zero-order valence-electron chi connectivity index (χ0n) is 14.8. The fourth-order valence-corrected chi connectivity index (χ4v) is 3.64. The molecule has 0 bridgehead atoms. The summed E-state index contributed by atoms with van der Waals surface area (Å²) < 4.78 is 9.88. The van der Waals surface area contributed by atoms with Gasteiger partial charge in [0.1, 0.15) is 5.75 Å². The lowest BCUT2D eigenvalue weighted by Crippen LogP contribution is -2.27. The van der Waals surface area contributed by atoms with Crippen LogP contribution in [0.5, 0.6) is 5.75 Å². The van der Waals surface area contributed by atoms with Gasteiger partial charge in [-0.3, -0.25) is 0 Å². The number of carbonyl (C=O) groups excluding carboxylic acids is 1. The van der Waals surface area contributed by atoms with Gasteiger partial charge in [-0.2, -0.15) is 0 Å². The summed E-state index contributed by atoms with van der Waals surface area (Å²) in [5, 5.41) is 9.91. The molecule has 0 amide bonds. The second-order valence-corrected chi connectivity index (χ2v) is 6.88. The quantitative estimate of drug-likeness (QED) is 0.467. The Labute approximate surface area is 152 Å². The van der Waals surface area contributed by atoms with Crippen molar-refractivity contribution in [1.82, 2.24) is 0 Å². The van der Waals surface area contributed by atoms with E-state index in [1.165, 1.54) is 18.9 Å². The van der Waals surface area contributed by atoms with E-state index in [9.17, 15) is 9.90 Å². The number of aliphatic hydroxyl groups excluding tert-OH is 1. The Bertz CT molecular complexity index is 746. The monoisotopic (exact) mass is 361 g/mol. The number of benzene rings is 2. The number of anilines is 1. The van der Waals surface area contributed by atoms with Crippen LogP contribution in [0.1, 0.15) is 21.9 Å². The molecule has 0 saturated carbocycles. The minimum atomic E-state index is -1.32. The first-order valence-electron chi connectivity index (χ1n) is 7.81. The average Bonchev–Trinajstić information content (AvgIpc) is 2.64. The number of ether oxygens (including phenoxy) is 2. The van der Waals surface area contributed by atoms with Gasteiger partial charge in [0, 0.05) is 10.6 Å². The summed E-state index contributed by atoms with van der Waals surface area (Å²) in [5.41, 5.74) is 9.74. The van der Waals surface area contributed by atoms with E-state index >= 15 is 0 Å². The molecule has 2 unspecified atom stereocenters. The van der Waals surface area contributed by atoms with E-state index in [1.54, 1.807) is 19.2 Å². The molecule has 2 aromatic rings. The number of thioether (sulfide) groups is 1. The van der Waals surface area contributed by atoms with Crippen LogP contribution in [0.4, 0.5) is 5.69 Å². The number of nitrogens with two attached hydrogens (primary N) is 1. The molecular weight excluding hydrogens is 338 g/mol. The van der Waals surface area contributed by atoms with Crippen LogP contribution >= 0.6 is 11.8 Å². The number of methoxy groups -OCH3 is 2. The van der Waals surface area contributed by atoms with Gasteiger partial charge < -0.3 is 20.3 Å². The van der Waals surface area contributed by atoms with Crippen molar-refractivity contribution < 1.29 is 19.4 Å². The molecule has 0 aliphatic rings. The molecule has 2 atom stereocenters. The zero-order chi connectivity index (χ0) is 18.6. The highest BCUT2D eigenvalue weighted by Crippen LogP contribution is 2.42. The van der Waals surface area contributed by atoms with Crippen molar-refractivity contribution >= 4 is 23.4 Å². The van der Waals surface area contributed by atoms with Crippen LogP contribution in [0, 0.1) is 13.8 Å². The molecule has 2 aromatic carbocycles. The number of hydrogen-bond acceptors (Lipinski definition) is 6. The molecule has 0 aliphatic heterocycles. The van der Waals surface area contributed by atoms with E-state index in [0.29, 0.717) is 11.4 Å². The van der Waals surface area contributed by atoms with Crippen LogP contribution in [0.2, 0.25) is 0 Å². The smallest absolute Gasteiger partial charge is 0.336 e. The molecule has 6 heteroatoms. The van der Waals surface area contributed by atoms with Gasteiger partial charge in [-0.05, 0) is 48.7 Å². The first-order chi connectivity index (χ1) is 11.9. The van der Waals surface area contributed by atoms with E-state index < -0.39 is 17.3 Å². The van der Waals surface area contributed by atoms with Crippen molar-refractivity contribution in [3.05, 3.63) is 53.1 Å². The van der Waals surface area contributed by atoms with Crippen LogP contribution in [0.25, 0.3) is 0 Å². The van der Waals surface area contributed by atoms with Crippen LogP contribution in [0.15, 0.2) is 41.3 Å². The fraction of sp³-hybridized carbons (Fsp3) is 0.316. The molecule has 25 heavy (non-hydrogen) atoms. The maximum Gasteiger partial charge on any atom is 0.336 e. The number of carbonyl (C=O) groups is 1. The van der Waals surface area contributed by atoms with Crippen molar-refractivity contribution in [3.63, 3.8) is 0 Å². The van der Waals surface area contributed by atoms with Crippen LogP contribution in [-0.2, 0) is 9.53 Å². The summed E-state index contributed by atoms with van der Waals surface area (Å²) in [6, 6.07) is 11.1. The Morgan fingerprint density at radius 2 is 1.76 bits per heavy atom. The molecule has 0 spiro atoms. The average molecular weight is 361 g/mol. The predicted molar refractivity (Wildman–Crippen MR) is 99.9 cm³/mol. The molecule has 5 nitrogen and oxygen atoms in total. The molecule has 0 saturated heterocycles. The van der Waals surface area contributed by atoms with Crippen LogP contribution in [-0.4, -0.2) is 31.4 Å². The minimum absolute atomic E-state index is 0.553. The second kappa shape index (κ2) is 8.27. The van der Waals surface area contributed by atoms with E-state index in [0.717, 1.165) is 21.6 Å². The van der Waals surface area contributed by atoms with Crippen LogP contribution in [0.3, 0.4) is 0 Å². The van der Waals surface area contributed by atoms with Gasteiger partial charge in [0.15, 0.2) is 6.10 Å². The Balaban J connectivity index is 2.41. The number of aryl methyl sites for hydroxylation is 1. The van der Waals surface area contributed by atoms with Gasteiger partial charge in [-0.25, -0.2) is 4.79 Å². The number of aliphatic hydroxyl groups is 1. The Morgan fingerprint density at radius 3 is 2.32 bits per heavy atom. The maximum absolute atomic E-state index is 11.9. The summed E-state index contributed by atoms with van der Waals surface area (Å²) >= 11 is 1.34. The van der Waals surface area contributed by atoms with Gasteiger partial charge in [0.25, 0.3) is 0 Å². The Morgan fingerprint density at radius 1 is 1.12 bits per heavy atom. The van der Waals surface area contributed by atoms with E-state index in [1.807, 2.05) is 38.1 Å². The number of nitrogen functional groups attached to an aromatic ring is 1. The largest absolute Gasteiger partial charge is 0.497 e. The molecule has 2 rings (SSSR count). The van der Waals surface area contributed by atoms with E-state index in [2.05, 4.69) is 0 Å². The number of esters is 1. The molecule has 0 aliphatic carbocycles. The maximum atomic E-state index is 11.9. The number of rotatable bonds is 6. The fourth-order valence-electron chi connectivity index (χ4n) is 2.40. The van der Waals surface area contributed by atoms with Crippen molar-refractivity contribution in [2.45, 2.75) is 30.1 Å². The SMILES string of the molecule is COC(=O)C(O)C(Sc1ccc(C)c(C)c1N)c1ccc(OC)cc1. The third kappa shape index (κ3) is 4.27. The molecule has 3 N–H and O–H groups in total. The lowest BCUT2D eigenvalue weighted by molar-refractivity contribution is -0.150. The lowest BCUT2D eigenvalue weighted by Gasteiger charge is -2.23. The first kappa shape index (κ1) is 19.1. The Hall–Kier alpha value is -2.18. The highest BCUT2D eigenvalue weighted by molar-refractivity contribution is 7.99. The lowest BCUT2D eigenvalue weighted by atomic mass is 10.1. The third-order valence-electron chi connectivity index (χ3n) is 4.17. The normalized spacial score (nSPS) is 13.2. The van der Waals surface area contributed by atoms with Crippen molar-refractivity contribution in [3.8, 4) is 5.75 Å². The van der Waals surface area contributed by atoms with Gasteiger partial charge in [0.05, 0.1) is 19.5 Å². The number of hydrogen-bond donors (Lipinski definition) is 2. The van der Waals surface area contributed by atoms with Crippen LogP contribution < -0.4 is 10.5 Å². The molecule has 0 aromatic heterocycles. The van der Waals surface area contributed by atoms with Gasteiger partial charge >= 0.3 is 5.97 Å². The third-order valence-corrected chi connectivity index (χ3v) is 5.57. The Kier molecular flexibility index (Phi) is 6.33. The van der Waals surface area contributed by atoms with Crippen molar-refractivity contribution in [2.75, 3.05) is 20.0 Å². The van der Waals surface area contributed by atoms with Gasteiger partial charge in [-0.15, -0.1) is 11.8 Å². The van der Waals surface area contributed by atoms with E-state index in [-0.39, 0.29) is 0 Å². The predicted octanol–water partition coefficient (Wildman–Crippen LogP) is 3.26. The summed E-state index contributed by atoms with van der Waals surface area (Å²) in [6.45, 7) is 3.94. The highest BCUT2D eigenvalue weighted by Gasteiger charge is 2.30. The molecule has 134 valence electrons. The molecule has 0 fully saturated rings. The molecule has 0 heterocycles. The molecule has 0 radical (unpaired) electrons. The standard InChI is InChI=1S/C19H23NO4S/c1-11-5-10-15(16(20)12(11)2)25-18(17(21)19(22)24-4)13-6-8-14(23-3)9-7-13/h5-10,17-18,21H,20H2,1-4H3. The minimum Gasteiger partial charge on any atom is -0.497 e. The zero-order valence-corrected chi connectivity index (χ0v) is 15.6. The summed E-state index contributed by atoms with van der Waals surface area (Å²) in [5.74, 6) is 0.0153. The highest BCUT2D eigenvalue weighted by atomic mass is 32.2. The summed E-state index contributed by atoms with van der Waals surface area (Å²) in [7, 11) is 2.84. The van der Waals surface area contributed by atoms with Crippen molar-refractivity contribution in [2.24, 2.45) is 0 Å². The van der Waals surface area contributed by atoms with Gasteiger partial charge in [0.2, 0.25) is 0 Å². The van der Waals surface area contributed by atoms with E-state index in [4.69, 9.17) is 15.2 Å². The summed E-state index contributed by atoms with van der Waals surface area (Å²) in [6.07, 6.45) is -1.32. The second-order valence-electron chi connectivity index (χ2n) is 5.70. The molecular formula is C19H23NO4S. The van der Waals surface area contributed by atoms with Gasteiger partial charge in [-0.1, -0.05) is 18.2 Å². The first-order valence-corrected chi connectivity index (χ1v) is 8.69. The van der Waals surface area contributed by atoms with Crippen molar-refractivity contribution in [1.29, 1.82) is 0 Å². The topological polar surface area (TPSA) is 81.8 Å².